The van der Waals surface area contributed by atoms with Crippen LogP contribution in [0, 0.1) is 0 Å². The molecule has 0 saturated carbocycles. The molecule has 1 aromatic carbocycles. The number of rotatable bonds is 3. The lowest BCUT2D eigenvalue weighted by molar-refractivity contribution is 0.636. The molecule has 6 nitrogen and oxygen atoms in total. The van der Waals surface area contributed by atoms with Crippen molar-refractivity contribution >= 4 is 56.5 Å². The predicted octanol–water partition coefficient (Wildman–Crippen LogP) is 4.78. The van der Waals surface area contributed by atoms with E-state index in [9.17, 15) is 0 Å². The number of halogens is 2. The van der Waals surface area contributed by atoms with Gasteiger partial charge in [-0.15, -0.1) is 11.3 Å². The fourth-order valence-corrected chi connectivity index (χ4v) is 4.82. The lowest BCUT2D eigenvalue weighted by atomic mass is 10.1. The molecule has 4 heterocycles. The summed E-state index contributed by atoms with van der Waals surface area (Å²) in [4.78, 5) is 23.1. The Hall–Kier alpha value is -2.48. The molecule has 1 aliphatic rings. The highest BCUT2D eigenvalue weighted by Crippen LogP contribution is 2.39. The molecular formula is C20H16Cl2N6S. The first kappa shape index (κ1) is 18.5. The fourth-order valence-electron chi connectivity index (χ4n) is 3.54. The predicted molar refractivity (Wildman–Crippen MR) is 119 cm³/mol. The largest absolute Gasteiger partial charge is 0.352 e. The minimum absolute atomic E-state index is 0.269. The number of fused-ring (bicyclic) bond motifs is 1. The third-order valence-electron chi connectivity index (χ3n) is 4.96. The summed E-state index contributed by atoms with van der Waals surface area (Å²) in [6, 6.07) is 9.67. The summed E-state index contributed by atoms with van der Waals surface area (Å²) in [5, 5.41) is 4.13. The Labute approximate surface area is 181 Å². The van der Waals surface area contributed by atoms with E-state index in [2.05, 4.69) is 35.1 Å². The maximum Gasteiger partial charge on any atom is 0.225 e. The van der Waals surface area contributed by atoms with Crippen LogP contribution < -0.4 is 9.80 Å². The van der Waals surface area contributed by atoms with Crippen LogP contribution in [-0.4, -0.2) is 46.1 Å². The van der Waals surface area contributed by atoms with Gasteiger partial charge in [-0.1, -0.05) is 23.7 Å². The first-order valence-corrected chi connectivity index (χ1v) is 10.8. The monoisotopic (exact) mass is 442 g/mol. The quantitative estimate of drug-likeness (QED) is 0.425. The minimum Gasteiger partial charge on any atom is -0.352 e. The highest BCUT2D eigenvalue weighted by molar-refractivity contribution is 7.17. The zero-order valence-corrected chi connectivity index (χ0v) is 17.6. The first-order valence-electron chi connectivity index (χ1n) is 9.16. The topological polar surface area (TPSA) is 58.0 Å². The molecule has 4 aromatic rings. The van der Waals surface area contributed by atoms with E-state index in [-0.39, 0.29) is 5.28 Å². The van der Waals surface area contributed by atoms with Gasteiger partial charge in [0.15, 0.2) is 0 Å². The van der Waals surface area contributed by atoms with Gasteiger partial charge < -0.3 is 9.80 Å². The molecule has 3 aromatic heterocycles. The summed E-state index contributed by atoms with van der Waals surface area (Å²) in [6.07, 6.45) is 3.54. The van der Waals surface area contributed by atoms with Crippen LogP contribution in [0.2, 0.25) is 10.3 Å². The molecule has 29 heavy (non-hydrogen) atoms. The number of benzene rings is 1. The maximum absolute atomic E-state index is 6.25. The van der Waals surface area contributed by atoms with E-state index >= 15 is 0 Å². The van der Waals surface area contributed by atoms with Gasteiger partial charge in [-0.2, -0.15) is 4.98 Å². The molecule has 146 valence electrons. The van der Waals surface area contributed by atoms with E-state index in [1.165, 1.54) is 0 Å². The summed E-state index contributed by atoms with van der Waals surface area (Å²) in [6.45, 7) is 3.23. The molecule has 0 radical (unpaired) electrons. The maximum atomic E-state index is 6.25. The zero-order chi connectivity index (χ0) is 19.8. The Morgan fingerprint density at radius 1 is 0.862 bits per heavy atom. The number of aromatic nitrogens is 4. The van der Waals surface area contributed by atoms with Gasteiger partial charge in [0.05, 0.1) is 5.39 Å². The van der Waals surface area contributed by atoms with Crippen molar-refractivity contribution in [2.75, 3.05) is 36.0 Å². The Balaban J connectivity index is 1.50. The van der Waals surface area contributed by atoms with E-state index in [4.69, 9.17) is 23.2 Å². The SMILES string of the molecule is Clc1ccc(-c2csc3nc(Cl)nc(N4CCN(c5ncccn5)CC4)c23)cc1. The van der Waals surface area contributed by atoms with E-state index in [0.29, 0.717) is 5.02 Å². The lowest BCUT2D eigenvalue weighted by Crippen LogP contribution is -2.47. The average Bonchev–Trinajstić information content (AvgIpc) is 3.18. The standard InChI is InChI=1S/C20H16Cl2N6S/c21-14-4-2-13(3-5-14)15-12-29-18-16(15)17(25-19(22)26-18)27-8-10-28(11-9-27)20-23-6-1-7-24-20/h1-7,12H,8-11H2. The Morgan fingerprint density at radius 2 is 1.55 bits per heavy atom. The van der Waals surface area contributed by atoms with E-state index < -0.39 is 0 Å². The molecule has 0 aliphatic carbocycles. The van der Waals surface area contributed by atoms with Crippen molar-refractivity contribution < 1.29 is 0 Å². The molecule has 0 atom stereocenters. The molecule has 1 fully saturated rings. The number of piperazine rings is 1. The van der Waals surface area contributed by atoms with E-state index in [1.54, 1.807) is 23.7 Å². The smallest absolute Gasteiger partial charge is 0.225 e. The van der Waals surface area contributed by atoms with Crippen molar-refractivity contribution in [2.24, 2.45) is 0 Å². The van der Waals surface area contributed by atoms with Gasteiger partial charge in [0.1, 0.15) is 10.6 Å². The Kier molecular flexibility index (Phi) is 4.95. The first-order chi connectivity index (χ1) is 14.2. The lowest BCUT2D eigenvalue weighted by Gasteiger charge is -2.35. The normalized spacial score (nSPS) is 14.6. The fraction of sp³-hybridized carbons (Fsp3) is 0.200. The van der Waals surface area contributed by atoms with Crippen LogP contribution in [0.3, 0.4) is 0 Å². The van der Waals surface area contributed by atoms with Gasteiger partial charge in [0.25, 0.3) is 0 Å². The third kappa shape index (κ3) is 3.61. The second kappa shape index (κ2) is 7.74. The summed E-state index contributed by atoms with van der Waals surface area (Å²) in [5.41, 5.74) is 2.19. The van der Waals surface area contributed by atoms with Crippen LogP contribution in [-0.2, 0) is 0 Å². The second-order valence-electron chi connectivity index (χ2n) is 6.68. The van der Waals surface area contributed by atoms with Crippen LogP contribution in [0.25, 0.3) is 21.3 Å². The molecule has 1 aliphatic heterocycles. The number of thiophene rings is 1. The zero-order valence-electron chi connectivity index (χ0n) is 15.3. The Bertz CT molecular complexity index is 1140. The molecule has 5 rings (SSSR count). The molecule has 0 spiro atoms. The van der Waals surface area contributed by atoms with E-state index in [0.717, 1.165) is 59.3 Å². The molecule has 0 unspecified atom stereocenters. The summed E-state index contributed by atoms with van der Waals surface area (Å²) in [7, 11) is 0. The molecule has 1 saturated heterocycles. The number of hydrogen-bond acceptors (Lipinski definition) is 7. The van der Waals surface area contributed by atoms with Crippen molar-refractivity contribution in [3.8, 4) is 11.1 Å². The van der Waals surface area contributed by atoms with Gasteiger partial charge in [-0.25, -0.2) is 15.0 Å². The third-order valence-corrected chi connectivity index (χ3v) is 6.25. The number of hydrogen-bond donors (Lipinski definition) is 0. The minimum atomic E-state index is 0.269. The van der Waals surface area contributed by atoms with Crippen molar-refractivity contribution in [1.82, 2.24) is 19.9 Å². The van der Waals surface area contributed by atoms with Crippen molar-refractivity contribution in [1.29, 1.82) is 0 Å². The van der Waals surface area contributed by atoms with Crippen LogP contribution in [0.4, 0.5) is 11.8 Å². The van der Waals surface area contributed by atoms with Crippen LogP contribution in [0.1, 0.15) is 0 Å². The van der Waals surface area contributed by atoms with Crippen LogP contribution >= 0.6 is 34.5 Å². The van der Waals surface area contributed by atoms with Crippen LogP contribution in [0.5, 0.6) is 0 Å². The molecule has 0 amide bonds. The number of anilines is 2. The molecular weight excluding hydrogens is 427 g/mol. The van der Waals surface area contributed by atoms with E-state index in [1.807, 2.05) is 30.3 Å². The highest BCUT2D eigenvalue weighted by atomic mass is 35.5. The second-order valence-corrected chi connectivity index (χ2v) is 8.31. The van der Waals surface area contributed by atoms with Gasteiger partial charge >= 0.3 is 0 Å². The summed E-state index contributed by atoms with van der Waals surface area (Å²) < 4.78 is 0. The molecule has 9 heteroatoms. The molecule has 0 bridgehead atoms. The van der Waals surface area contributed by atoms with Crippen molar-refractivity contribution in [3.63, 3.8) is 0 Å². The van der Waals surface area contributed by atoms with Crippen molar-refractivity contribution in [2.45, 2.75) is 0 Å². The Morgan fingerprint density at radius 3 is 2.28 bits per heavy atom. The van der Waals surface area contributed by atoms with Crippen molar-refractivity contribution in [3.05, 3.63) is 58.4 Å². The summed E-state index contributed by atoms with van der Waals surface area (Å²) >= 11 is 13.9. The van der Waals surface area contributed by atoms with Gasteiger partial charge in [0.2, 0.25) is 11.2 Å². The summed E-state index contributed by atoms with van der Waals surface area (Å²) in [5.74, 6) is 1.63. The van der Waals surface area contributed by atoms with Gasteiger partial charge in [-0.3, -0.25) is 0 Å². The highest BCUT2D eigenvalue weighted by Gasteiger charge is 2.24. The molecule has 0 N–H and O–H groups in total. The average molecular weight is 443 g/mol. The van der Waals surface area contributed by atoms with Crippen LogP contribution in [0.15, 0.2) is 48.1 Å². The van der Waals surface area contributed by atoms with Gasteiger partial charge in [-0.05, 0) is 35.4 Å². The number of nitrogens with zero attached hydrogens (tertiary/aromatic N) is 6. The van der Waals surface area contributed by atoms with Gasteiger partial charge in [0, 0.05) is 54.5 Å².